The summed E-state index contributed by atoms with van der Waals surface area (Å²) >= 11 is 0. The fourth-order valence-electron chi connectivity index (χ4n) is 5.91. The summed E-state index contributed by atoms with van der Waals surface area (Å²) < 4.78 is 5.47. The van der Waals surface area contributed by atoms with Crippen LogP contribution < -0.4 is 9.80 Å². The third-order valence-electron chi connectivity index (χ3n) is 7.60. The van der Waals surface area contributed by atoms with Crippen LogP contribution in [0.15, 0.2) is 18.5 Å². The number of rotatable bonds is 4. The lowest BCUT2D eigenvalue weighted by atomic mass is 9.98. The summed E-state index contributed by atoms with van der Waals surface area (Å²) in [4.78, 5) is 26.6. The first-order valence-electron chi connectivity index (χ1n) is 12.3. The molecule has 3 atom stereocenters. The van der Waals surface area contributed by atoms with Gasteiger partial charge in [0.15, 0.2) is 0 Å². The number of anilines is 2. The molecule has 0 radical (unpaired) electrons. The van der Waals surface area contributed by atoms with Gasteiger partial charge in [-0.15, -0.1) is 0 Å². The Labute approximate surface area is 190 Å². The molecule has 3 saturated heterocycles. The standard InChI is InChI=1S/C24H33N7O/c1-17-3-2-8-30(15-17)24-26-14-20-21(28-24)13-19-4-5-22(20)31(19)16-18-6-7-25-23(27-18)29-9-11-32-12-10-29/h6-7,14,17,19,22H,2-5,8-13,15-16H2,1H3/t17-,19-,22-/m0/s1. The van der Waals surface area contributed by atoms with E-state index in [2.05, 4.69) is 38.9 Å². The first-order valence-corrected chi connectivity index (χ1v) is 12.3. The highest BCUT2D eigenvalue weighted by Gasteiger charge is 2.41. The van der Waals surface area contributed by atoms with Crippen LogP contribution in [-0.4, -0.2) is 70.3 Å². The molecule has 170 valence electrons. The molecule has 0 spiro atoms. The van der Waals surface area contributed by atoms with E-state index in [9.17, 15) is 0 Å². The van der Waals surface area contributed by atoms with Crippen LogP contribution in [0.3, 0.4) is 0 Å². The number of morpholine rings is 1. The molecule has 0 unspecified atom stereocenters. The van der Waals surface area contributed by atoms with Gasteiger partial charge in [-0.1, -0.05) is 6.92 Å². The second kappa shape index (κ2) is 8.56. The lowest BCUT2D eigenvalue weighted by molar-refractivity contribution is 0.122. The molecule has 4 aliphatic heterocycles. The largest absolute Gasteiger partial charge is 0.378 e. The number of hydrogen-bond acceptors (Lipinski definition) is 8. The van der Waals surface area contributed by atoms with Crippen LogP contribution in [0.25, 0.3) is 0 Å². The molecule has 2 aromatic heterocycles. The molecule has 4 aliphatic rings. The van der Waals surface area contributed by atoms with Gasteiger partial charge in [0.1, 0.15) is 0 Å². The fourth-order valence-corrected chi connectivity index (χ4v) is 5.91. The van der Waals surface area contributed by atoms with E-state index in [1.165, 1.54) is 36.9 Å². The summed E-state index contributed by atoms with van der Waals surface area (Å²) in [7, 11) is 0. The van der Waals surface area contributed by atoms with Crippen LogP contribution in [-0.2, 0) is 17.7 Å². The topological polar surface area (TPSA) is 70.5 Å². The molecule has 6 rings (SSSR count). The Balaban J connectivity index is 1.20. The van der Waals surface area contributed by atoms with Gasteiger partial charge < -0.3 is 14.5 Å². The summed E-state index contributed by atoms with van der Waals surface area (Å²) in [6.45, 7) is 8.58. The predicted molar refractivity (Wildman–Crippen MR) is 123 cm³/mol. The average molecular weight is 436 g/mol. The molecule has 8 nitrogen and oxygen atoms in total. The normalized spacial score (nSPS) is 28.1. The van der Waals surface area contributed by atoms with E-state index in [-0.39, 0.29) is 0 Å². The molecule has 0 aromatic carbocycles. The van der Waals surface area contributed by atoms with E-state index < -0.39 is 0 Å². The maximum atomic E-state index is 5.47. The quantitative estimate of drug-likeness (QED) is 0.726. The lowest BCUT2D eigenvalue weighted by Gasteiger charge is -2.36. The molecule has 2 aromatic rings. The molecular formula is C24H33N7O. The smallest absolute Gasteiger partial charge is 0.225 e. The molecule has 0 N–H and O–H groups in total. The number of ether oxygens (including phenoxy) is 1. The van der Waals surface area contributed by atoms with Gasteiger partial charge in [-0.25, -0.2) is 19.9 Å². The van der Waals surface area contributed by atoms with Gasteiger partial charge in [0, 0.05) is 69.2 Å². The first-order chi connectivity index (χ1) is 15.7. The highest BCUT2D eigenvalue weighted by atomic mass is 16.5. The summed E-state index contributed by atoms with van der Waals surface area (Å²) in [5, 5.41) is 0. The third kappa shape index (κ3) is 3.83. The molecule has 0 amide bonds. The lowest BCUT2D eigenvalue weighted by Crippen LogP contribution is -2.40. The highest BCUT2D eigenvalue weighted by Crippen LogP contribution is 2.44. The predicted octanol–water partition coefficient (Wildman–Crippen LogP) is 2.60. The number of piperidine rings is 1. The Kier molecular flexibility index (Phi) is 5.43. The van der Waals surface area contributed by atoms with Gasteiger partial charge in [0.05, 0.1) is 24.6 Å². The zero-order chi connectivity index (χ0) is 21.5. The van der Waals surface area contributed by atoms with Gasteiger partial charge in [0.2, 0.25) is 11.9 Å². The molecule has 8 heteroatoms. The second-order valence-electron chi connectivity index (χ2n) is 9.84. The van der Waals surface area contributed by atoms with Crippen molar-refractivity contribution in [1.29, 1.82) is 0 Å². The minimum absolute atomic E-state index is 0.403. The SMILES string of the molecule is C[C@H]1CCCN(c2ncc3c(n2)C[C@@H]2CC[C@@H]3N2Cc2ccnc(N3CCOCC3)n2)C1. The zero-order valence-corrected chi connectivity index (χ0v) is 19.0. The summed E-state index contributed by atoms with van der Waals surface area (Å²) in [5.41, 5.74) is 3.70. The van der Waals surface area contributed by atoms with E-state index in [1.54, 1.807) is 0 Å². The van der Waals surface area contributed by atoms with E-state index >= 15 is 0 Å². The van der Waals surface area contributed by atoms with Crippen LogP contribution in [0.2, 0.25) is 0 Å². The van der Waals surface area contributed by atoms with Crippen molar-refractivity contribution >= 4 is 11.9 Å². The average Bonchev–Trinajstić information content (AvgIpc) is 3.10. The Morgan fingerprint density at radius 3 is 2.75 bits per heavy atom. The number of aromatic nitrogens is 4. The number of hydrogen-bond donors (Lipinski definition) is 0. The summed E-state index contributed by atoms with van der Waals surface area (Å²) in [5.74, 6) is 2.50. The molecule has 0 aliphatic carbocycles. The van der Waals surface area contributed by atoms with Crippen molar-refractivity contribution < 1.29 is 4.74 Å². The Morgan fingerprint density at radius 1 is 1.00 bits per heavy atom. The maximum absolute atomic E-state index is 5.47. The van der Waals surface area contributed by atoms with Gasteiger partial charge in [-0.05, 0) is 37.7 Å². The highest BCUT2D eigenvalue weighted by molar-refractivity contribution is 5.38. The molecule has 0 saturated carbocycles. The van der Waals surface area contributed by atoms with Crippen LogP contribution in [0, 0.1) is 5.92 Å². The van der Waals surface area contributed by atoms with Crippen molar-refractivity contribution in [3.05, 3.63) is 35.4 Å². The Bertz CT molecular complexity index is 963. The van der Waals surface area contributed by atoms with Crippen LogP contribution in [0.5, 0.6) is 0 Å². The van der Waals surface area contributed by atoms with E-state index in [0.717, 1.165) is 75.9 Å². The van der Waals surface area contributed by atoms with Crippen molar-refractivity contribution in [3.63, 3.8) is 0 Å². The van der Waals surface area contributed by atoms with Crippen LogP contribution in [0.1, 0.15) is 55.6 Å². The van der Waals surface area contributed by atoms with Gasteiger partial charge >= 0.3 is 0 Å². The van der Waals surface area contributed by atoms with Crippen molar-refractivity contribution in [3.8, 4) is 0 Å². The minimum atomic E-state index is 0.403. The van der Waals surface area contributed by atoms with Gasteiger partial charge in [-0.3, -0.25) is 4.90 Å². The third-order valence-corrected chi connectivity index (χ3v) is 7.60. The van der Waals surface area contributed by atoms with Crippen molar-refractivity contribution in [2.45, 2.75) is 57.7 Å². The van der Waals surface area contributed by atoms with E-state index in [4.69, 9.17) is 19.7 Å². The summed E-state index contributed by atoms with van der Waals surface area (Å²) in [6.07, 6.45) is 10.0. The second-order valence-corrected chi connectivity index (χ2v) is 9.84. The van der Waals surface area contributed by atoms with Crippen molar-refractivity contribution in [2.24, 2.45) is 5.92 Å². The van der Waals surface area contributed by atoms with E-state index in [0.29, 0.717) is 12.1 Å². The van der Waals surface area contributed by atoms with Gasteiger partial charge in [0.25, 0.3) is 0 Å². The number of fused-ring (bicyclic) bond motifs is 4. The fraction of sp³-hybridized carbons (Fsp3) is 0.667. The molecule has 3 fully saturated rings. The van der Waals surface area contributed by atoms with E-state index in [1.807, 2.05) is 6.20 Å². The first kappa shape index (κ1) is 20.3. The van der Waals surface area contributed by atoms with Crippen molar-refractivity contribution in [1.82, 2.24) is 24.8 Å². The zero-order valence-electron chi connectivity index (χ0n) is 19.0. The van der Waals surface area contributed by atoms with Gasteiger partial charge in [-0.2, -0.15) is 0 Å². The minimum Gasteiger partial charge on any atom is -0.378 e. The maximum Gasteiger partial charge on any atom is 0.225 e. The molecule has 2 bridgehead atoms. The molecular weight excluding hydrogens is 402 g/mol. The molecule has 32 heavy (non-hydrogen) atoms. The Morgan fingerprint density at radius 2 is 1.88 bits per heavy atom. The monoisotopic (exact) mass is 435 g/mol. The van der Waals surface area contributed by atoms with Crippen molar-refractivity contribution in [2.75, 3.05) is 49.2 Å². The van der Waals surface area contributed by atoms with Crippen LogP contribution in [0.4, 0.5) is 11.9 Å². The summed E-state index contributed by atoms with van der Waals surface area (Å²) in [6, 6.07) is 3.01. The Hall–Kier alpha value is -2.32. The number of nitrogens with zero attached hydrogens (tertiary/aromatic N) is 7. The molecule has 6 heterocycles. The van der Waals surface area contributed by atoms with Crippen LogP contribution >= 0.6 is 0 Å².